The Morgan fingerprint density at radius 2 is 1.87 bits per heavy atom. The Bertz CT molecular complexity index is 1300. The molecule has 0 radical (unpaired) electrons. The Kier molecular flexibility index (Phi) is 5.31. The zero-order chi connectivity index (χ0) is 27.4. The molecule has 1 saturated heterocycles. The van der Waals surface area contributed by atoms with Gasteiger partial charge in [0.25, 0.3) is 5.69 Å². The lowest BCUT2D eigenvalue weighted by molar-refractivity contribution is -0.384. The smallest absolute Gasteiger partial charge is 0.309 e. The molecule has 1 aliphatic heterocycles. The lowest BCUT2D eigenvalue weighted by Crippen LogP contribution is -2.65. The molecule has 1 spiro atoms. The van der Waals surface area contributed by atoms with Crippen molar-refractivity contribution in [2.24, 2.45) is 51.8 Å². The summed E-state index contributed by atoms with van der Waals surface area (Å²) >= 11 is 0. The molecule has 2 amide bonds. The van der Waals surface area contributed by atoms with E-state index in [0.717, 1.165) is 19.3 Å². The van der Waals surface area contributed by atoms with E-state index in [1.807, 2.05) is 6.92 Å². The van der Waals surface area contributed by atoms with Gasteiger partial charge in [-0.05, 0) is 74.2 Å². The number of carboxylic acids is 1. The zero-order valence-corrected chi connectivity index (χ0v) is 22.5. The number of carboxylic acid groups (broad SMARTS) is 1. The van der Waals surface area contributed by atoms with Gasteiger partial charge >= 0.3 is 5.97 Å². The van der Waals surface area contributed by atoms with Crippen molar-refractivity contribution < 1.29 is 24.4 Å². The number of allylic oxidation sites excluding steroid dienone is 2. The van der Waals surface area contributed by atoms with Crippen molar-refractivity contribution in [3.05, 3.63) is 46.0 Å². The summed E-state index contributed by atoms with van der Waals surface area (Å²) in [7, 11) is 0. The number of imide groups is 1. The number of nitrogens with zero attached hydrogens (tertiary/aromatic N) is 2. The third-order valence-corrected chi connectivity index (χ3v) is 11.5. The minimum Gasteiger partial charge on any atom is -0.481 e. The molecule has 8 unspecified atom stereocenters. The van der Waals surface area contributed by atoms with Gasteiger partial charge in [-0.3, -0.25) is 24.5 Å². The fraction of sp³-hybridized carbons (Fsp3) is 0.633. The molecule has 7 rings (SSSR count). The molecule has 1 heterocycles. The maximum absolute atomic E-state index is 14.3. The van der Waals surface area contributed by atoms with Crippen molar-refractivity contribution in [3.63, 3.8) is 0 Å². The standard InChI is InChI=1S/C30H36N2O6/c1-16(2)20-15-30-12-9-21-28(3,10-6-11-29(21,4)27(35)36)22(30)14-19(20)23-24(30)26(34)31(25(23)33)17-7-5-8-18(13-17)32(37)38/h5,7-8,13,15-16,19,21-24H,6,9-12,14H2,1-4H3,(H,35,36). The molecule has 8 heteroatoms. The molecular weight excluding hydrogens is 484 g/mol. The highest BCUT2D eigenvalue weighted by molar-refractivity contribution is 6.23. The predicted molar refractivity (Wildman–Crippen MR) is 140 cm³/mol. The van der Waals surface area contributed by atoms with Gasteiger partial charge in [-0.25, -0.2) is 4.90 Å². The molecular formula is C30H36N2O6. The van der Waals surface area contributed by atoms with Crippen LogP contribution in [0.15, 0.2) is 35.9 Å². The first-order valence-electron chi connectivity index (χ1n) is 13.9. The number of aliphatic carboxylic acids is 1. The maximum Gasteiger partial charge on any atom is 0.309 e. The zero-order valence-electron chi connectivity index (χ0n) is 22.5. The average molecular weight is 521 g/mol. The molecule has 202 valence electrons. The van der Waals surface area contributed by atoms with Gasteiger partial charge in [0.1, 0.15) is 0 Å². The molecule has 38 heavy (non-hydrogen) atoms. The van der Waals surface area contributed by atoms with Crippen molar-refractivity contribution >= 4 is 29.2 Å². The quantitative estimate of drug-likeness (QED) is 0.239. The van der Waals surface area contributed by atoms with E-state index >= 15 is 0 Å². The van der Waals surface area contributed by atoms with Crippen molar-refractivity contribution in [1.29, 1.82) is 0 Å². The van der Waals surface area contributed by atoms with Crippen LogP contribution in [0.2, 0.25) is 0 Å². The highest BCUT2D eigenvalue weighted by Gasteiger charge is 2.73. The number of carbonyl (C=O) groups is 3. The highest BCUT2D eigenvalue weighted by Crippen LogP contribution is 2.74. The van der Waals surface area contributed by atoms with E-state index in [0.29, 0.717) is 19.3 Å². The van der Waals surface area contributed by atoms with Crippen LogP contribution >= 0.6 is 0 Å². The molecule has 1 N–H and O–H groups in total. The van der Waals surface area contributed by atoms with E-state index in [1.165, 1.54) is 28.7 Å². The monoisotopic (exact) mass is 520 g/mol. The van der Waals surface area contributed by atoms with E-state index in [4.69, 9.17) is 0 Å². The first-order chi connectivity index (χ1) is 17.9. The SMILES string of the molecule is CC(C)C1=CC23CCC4C(C)(C(=O)O)CCCC4(C)C2CC1C1C(=O)N(c2cccc([N+](=O)[O-])c2)C(=O)C13. The first kappa shape index (κ1) is 25.3. The van der Waals surface area contributed by atoms with Crippen LogP contribution in [-0.4, -0.2) is 27.8 Å². The number of rotatable bonds is 4. The summed E-state index contributed by atoms with van der Waals surface area (Å²) in [5.41, 5.74) is -0.195. The van der Waals surface area contributed by atoms with Gasteiger partial charge in [-0.2, -0.15) is 0 Å². The van der Waals surface area contributed by atoms with Gasteiger partial charge < -0.3 is 5.11 Å². The minimum absolute atomic E-state index is 0.0191. The fourth-order valence-corrected chi connectivity index (χ4v) is 9.96. The lowest BCUT2D eigenvalue weighted by atomic mass is 9.34. The normalized spacial score (nSPS) is 41.4. The van der Waals surface area contributed by atoms with Crippen LogP contribution in [0, 0.1) is 61.9 Å². The Morgan fingerprint density at radius 3 is 2.53 bits per heavy atom. The van der Waals surface area contributed by atoms with Crippen molar-refractivity contribution in [2.75, 3.05) is 4.90 Å². The lowest BCUT2D eigenvalue weighted by Gasteiger charge is -2.68. The molecule has 1 aromatic carbocycles. The minimum atomic E-state index is -0.792. The van der Waals surface area contributed by atoms with E-state index in [9.17, 15) is 29.6 Å². The summed E-state index contributed by atoms with van der Waals surface area (Å²) in [5.74, 6) is -1.95. The number of fused-ring (bicyclic) bond motifs is 1. The number of non-ortho nitro benzene ring substituents is 1. The summed E-state index contributed by atoms with van der Waals surface area (Å²) in [5, 5.41) is 21.7. The van der Waals surface area contributed by atoms with Crippen LogP contribution < -0.4 is 4.90 Å². The van der Waals surface area contributed by atoms with Crippen LogP contribution in [0.4, 0.5) is 11.4 Å². The van der Waals surface area contributed by atoms with Gasteiger partial charge in [0.05, 0.1) is 27.9 Å². The van der Waals surface area contributed by atoms with Crippen LogP contribution in [0.25, 0.3) is 0 Å². The summed E-state index contributed by atoms with van der Waals surface area (Å²) in [6, 6.07) is 5.80. The Morgan fingerprint density at radius 1 is 1.13 bits per heavy atom. The molecule has 2 bridgehead atoms. The van der Waals surface area contributed by atoms with Gasteiger partial charge in [-0.1, -0.05) is 44.9 Å². The Labute approximate surface area is 222 Å². The van der Waals surface area contributed by atoms with Crippen LogP contribution in [0.1, 0.15) is 66.2 Å². The van der Waals surface area contributed by atoms with Gasteiger partial charge in [0, 0.05) is 17.5 Å². The molecule has 6 aliphatic rings. The number of nitro benzene ring substituents is 1. The number of nitro groups is 1. The first-order valence-corrected chi connectivity index (χ1v) is 13.9. The van der Waals surface area contributed by atoms with Crippen molar-refractivity contribution in [1.82, 2.24) is 0 Å². The Hall–Kier alpha value is -3.03. The number of anilines is 1. The number of benzene rings is 1. The number of amides is 2. The Balaban J connectivity index is 1.48. The summed E-state index contributed by atoms with van der Waals surface area (Å²) in [4.78, 5) is 53.0. The van der Waals surface area contributed by atoms with E-state index in [1.54, 1.807) is 6.07 Å². The topological polar surface area (TPSA) is 118 Å². The van der Waals surface area contributed by atoms with Crippen LogP contribution in [0.5, 0.6) is 0 Å². The molecule has 5 aliphatic carbocycles. The van der Waals surface area contributed by atoms with Gasteiger partial charge in [0.15, 0.2) is 0 Å². The average Bonchev–Trinajstić information content (AvgIpc) is 3.15. The molecule has 1 aromatic rings. The van der Waals surface area contributed by atoms with Gasteiger partial charge in [-0.15, -0.1) is 0 Å². The van der Waals surface area contributed by atoms with Crippen molar-refractivity contribution in [2.45, 2.75) is 66.2 Å². The molecule has 3 saturated carbocycles. The molecule has 8 nitrogen and oxygen atoms in total. The fourth-order valence-electron chi connectivity index (χ4n) is 9.96. The highest BCUT2D eigenvalue weighted by atomic mass is 16.6. The maximum atomic E-state index is 14.3. The third-order valence-electron chi connectivity index (χ3n) is 11.5. The predicted octanol–water partition coefficient (Wildman–Crippen LogP) is 5.61. The molecule has 0 aromatic heterocycles. The molecule has 8 atom stereocenters. The summed E-state index contributed by atoms with van der Waals surface area (Å²) in [6.07, 6.45) is 6.97. The second-order valence-electron chi connectivity index (χ2n) is 13.3. The third kappa shape index (κ3) is 3.00. The summed E-state index contributed by atoms with van der Waals surface area (Å²) in [6.45, 7) is 8.44. The second-order valence-corrected chi connectivity index (χ2v) is 13.3. The van der Waals surface area contributed by atoms with E-state index in [2.05, 4.69) is 26.8 Å². The van der Waals surface area contributed by atoms with Crippen LogP contribution in [-0.2, 0) is 14.4 Å². The van der Waals surface area contributed by atoms with E-state index < -0.39 is 33.6 Å². The van der Waals surface area contributed by atoms with Crippen molar-refractivity contribution in [3.8, 4) is 0 Å². The summed E-state index contributed by atoms with van der Waals surface area (Å²) < 4.78 is 0. The number of carbonyl (C=O) groups excluding carboxylic acids is 2. The van der Waals surface area contributed by atoms with E-state index in [-0.39, 0.29) is 52.3 Å². The molecule has 4 fully saturated rings. The van der Waals surface area contributed by atoms with Gasteiger partial charge in [0.2, 0.25) is 11.8 Å². The second kappa shape index (κ2) is 7.99. The largest absolute Gasteiger partial charge is 0.481 e. The van der Waals surface area contributed by atoms with Crippen LogP contribution in [0.3, 0.4) is 0 Å². The number of hydrogen-bond donors (Lipinski definition) is 1. The number of hydrogen-bond acceptors (Lipinski definition) is 5.